The minimum absolute atomic E-state index is 0.487. The molecule has 1 aliphatic heterocycles. The molecule has 0 amide bonds. The molecule has 158 valence electrons. The molecule has 0 aliphatic carbocycles. The molecule has 3 rings (SSSR count). The Morgan fingerprint density at radius 3 is 2.83 bits per heavy atom. The third kappa shape index (κ3) is 5.93. The number of halogens is 1. The Labute approximate surface area is 178 Å². The molecule has 2 N–H and O–H groups in total. The molecule has 1 saturated heterocycles. The Balaban J connectivity index is 1.61. The maximum Gasteiger partial charge on any atom is 0.191 e. The standard InChI is InChI=1S/C21H32ClN7/c1-4-29-13-7-9-18(29)14-24-21(25-15-20-27-26-16(2)28(20)3)23-12-11-17-8-5-6-10-19(17)22/h5-6,8,10,18H,4,7,9,11-15H2,1-3H3,(H2,23,24,25). The fourth-order valence-electron chi connectivity index (χ4n) is 3.69. The van der Waals surface area contributed by atoms with Gasteiger partial charge < -0.3 is 15.2 Å². The molecule has 8 heteroatoms. The molecule has 7 nitrogen and oxygen atoms in total. The second-order valence-electron chi connectivity index (χ2n) is 7.46. The zero-order valence-corrected chi connectivity index (χ0v) is 18.4. The van der Waals surface area contributed by atoms with Gasteiger partial charge >= 0.3 is 0 Å². The third-order valence-corrected chi connectivity index (χ3v) is 5.99. The first-order valence-electron chi connectivity index (χ1n) is 10.4. The van der Waals surface area contributed by atoms with E-state index < -0.39 is 0 Å². The summed E-state index contributed by atoms with van der Waals surface area (Å²) >= 11 is 6.28. The molecule has 1 aromatic carbocycles. The summed E-state index contributed by atoms with van der Waals surface area (Å²) in [5, 5.41) is 16.1. The zero-order valence-electron chi connectivity index (χ0n) is 17.7. The van der Waals surface area contributed by atoms with Crippen molar-refractivity contribution >= 4 is 17.6 Å². The quantitative estimate of drug-likeness (QED) is 0.510. The van der Waals surface area contributed by atoms with Gasteiger partial charge in [0, 0.05) is 31.2 Å². The second-order valence-corrected chi connectivity index (χ2v) is 7.87. The van der Waals surface area contributed by atoms with Crippen molar-refractivity contribution in [3.63, 3.8) is 0 Å². The average Bonchev–Trinajstić information content (AvgIpc) is 3.31. The van der Waals surface area contributed by atoms with Crippen LogP contribution in [0.3, 0.4) is 0 Å². The highest BCUT2D eigenvalue weighted by Gasteiger charge is 2.22. The van der Waals surface area contributed by atoms with Gasteiger partial charge in [-0.1, -0.05) is 36.7 Å². The van der Waals surface area contributed by atoms with Crippen molar-refractivity contribution in [3.05, 3.63) is 46.5 Å². The van der Waals surface area contributed by atoms with Crippen molar-refractivity contribution in [3.8, 4) is 0 Å². The maximum absolute atomic E-state index is 6.28. The second kappa shape index (κ2) is 10.6. The minimum atomic E-state index is 0.487. The van der Waals surface area contributed by atoms with Gasteiger partial charge in [-0.15, -0.1) is 10.2 Å². The van der Waals surface area contributed by atoms with Gasteiger partial charge in [-0.25, -0.2) is 4.99 Å². The van der Waals surface area contributed by atoms with E-state index in [9.17, 15) is 0 Å². The van der Waals surface area contributed by atoms with Crippen LogP contribution in [0.15, 0.2) is 29.3 Å². The number of nitrogens with one attached hydrogen (secondary N) is 2. The summed E-state index contributed by atoms with van der Waals surface area (Å²) in [7, 11) is 1.97. The van der Waals surface area contributed by atoms with Crippen LogP contribution in [0, 0.1) is 6.92 Å². The first-order valence-corrected chi connectivity index (χ1v) is 10.8. The monoisotopic (exact) mass is 417 g/mol. The van der Waals surface area contributed by atoms with E-state index in [4.69, 9.17) is 16.6 Å². The number of rotatable bonds is 8. The van der Waals surface area contributed by atoms with Gasteiger partial charge in [-0.2, -0.15) is 0 Å². The summed E-state index contributed by atoms with van der Waals surface area (Å²) in [6.07, 6.45) is 3.34. The largest absolute Gasteiger partial charge is 0.356 e. The van der Waals surface area contributed by atoms with Gasteiger partial charge in [0.2, 0.25) is 0 Å². The zero-order chi connectivity index (χ0) is 20.6. The Bertz CT molecular complexity index is 817. The minimum Gasteiger partial charge on any atom is -0.356 e. The molecule has 29 heavy (non-hydrogen) atoms. The van der Waals surface area contributed by atoms with Gasteiger partial charge in [0.05, 0.1) is 0 Å². The van der Waals surface area contributed by atoms with Crippen molar-refractivity contribution in [1.29, 1.82) is 0 Å². The number of aryl methyl sites for hydroxylation is 1. The van der Waals surface area contributed by atoms with Crippen LogP contribution in [0.25, 0.3) is 0 Å². The van der Waals surface area contributed by atoms with Crippen molar-refractivity contribution in [2.45, 2.75) is 45.7 Å². The number of aliphatic imine (C=N–C) groups is 1. The topological polar surface area (TPSA) is 70.4 Å². The van der Waals surface area contributed by atoms with Crippen LogP contribution < -0.4 is 10.6 Å². The van der Waals surface area contributed by atoms with Crippen molar-refractivity contribution in [1.82, 2.24) is 30.3 Å². The Kier molecular flexibility index (Phi) is 7.89. The molecule has 1 aliphatic rings. The summed E-state index contributed by atoms with van der Waals surface area (Å²) in [5.41, 5.74) is 1.14. The molecule has 1 atom stereocenters. The number of benzene rings is 1. The van der Waals surface area contributed by atoms with Crippen LogP contribution in [0.1, 0.15) is 37.0 Å². The molecular weight excluding hydrogens is 386 g/mol. The van der Waals surface area contributed by atoms with Crippen LogP contribution in [0.2, 0.25) is 5.02 Å². The van der Waals surface area contributed by atoms with E-state index in [-0.39, 0.29) is 0 Å². The van der Waals surface area contributed by atoms with Crippen LogP contribution in [0.5, 0.6) is 0 Å². The van der Waals surface area contributed by atoms with E-state index in [1.807, 2.05) is 36.7 Å². The van der Waals surface area contributed by atoms with E-state index in [0.29, 0.717) is 12.6 Å². The Hall–Kier alpha value is -2.12. The third-order valence-electron chi connectivity index (χ3n) is 5.62. The molecule has 1 aromatic heterocycles. The van der Waals surface area contributed by atoms with Gasteiger partial charge in [0.1, 0.15) is 12.4 Å². The summed E-state index contributed by atoms with van der Waals surface area (Å²) in [6, 6.07) is 8.53. The van der Waals surface area contributed by atoms with Crippen LogP contribution >= 0.6 is 11.6 Å². The Morgan fingerprint density at radius 1 is 1.28 bits per heavy atom. The SMILES string of the molecule is CCN1CCCC1CNC(=NCc1nnc(C)n1C)NCCc1ccccc1Cl. The molecule has 2 aromatic rings. The number of hydrogen-bond acceptors (Lipinski definition) is 4. The Morgan fingerprint density at radius 2 is 2.10 bits per heavy atom. The lowest BCUT2D eigenvalue weighted by atomic mass is 10.1. The number of guanidine groups is 1. The normalized spacial score (nSPS) is 17.7. The number of nitrogens with zero attached hydrogens (tertiary/aromatic N) is 5. The fraction of sp³-hybridized carbons (Fsp3) is 0.571. The lowest BCUT2D eigenvalue weighted by Gasteiger charge is -2.24. The molecular formula is C21H32ClN7. The number of likely N-dealkylation sites (N-methyl/N-ethyl adjacent to an activating group) is 1. The van der Waals surface area contributed by atoms with Crippen molar-refractivity contribution in [2.24, 2.45) is 12.0 Å². The van der Waals surface area contributed by atoms with E-state index in [1.54, 1.807) is 0 Å². The number of hydrogen-bond donors (Lipinski definition) is 2. The molecule has 1 fully saturated rings. The highest BCUT2D eigenvalue weighted by molar-refractivity contribution is 6.31. The summed E-state index contributed by atoms with van der Waals surface area (Å²) in [5.74, 6) is 2.55. The first kappa shape index (κ1) is 21.6. The summed E-state index contributed by atoms with van der Waals surface area (Å²) in [6.45, 7) is 8.59. The summed E-state index contributed by atoms with van der Waals surface area (Å²) < 4.78 is 1.97. The average molecular weight is 418 g/mol. The molecule has 0 radical (unpaired) electrons. The highest BCUT2D eigenvalue weighted by atomic mass is 35.5. The lowest BCUT2D eigenvalue weighted by molar-refractivity contribution is 0.267. The van der Waals surface area contributed by atoms with Crippen LogP contribution in [-0.4, -0.2) is 57.8 Å². The first-order chi connectivity index (χ1) is 14.1. The summed E-state index contributed by atoms with van der Waals surface area (Å²) in [4.78, 5) is 7.28. The molecule has 0 bridgehead atoms. The van der Waals surface area contributed by atoms with Crippen molar-refractivity contribution < 1.29 is 0 Å². The van der Waals surface area contributed by atoms with Gasteiger partial charge in [0.15, 0.2) is 11.8 Å². The van der Waals surface area contributed by atoms with Gasteiger partial charge in [-0.3, -0.25) is 4.90 Å². The van der Waals surface area contributed by atoms with Gasteiger partial charge in [-0.05, 0) is 50.9 Å². The predicted octanol–water partition coefficient (Wildman–Crippen LogP) is 2.54. The predicted molar refractivity (Wildman–Crippen MR) is 118 cm³/mol. The van der Waals surface area contributed by atoms with E-state index in [2.05, 4.69) is 38.7 Å². The van der Waals surface area contributed by atoms with E-state index in [0.717, 1.165) is 54.2 Å². The molecule has 1 unspecified atom stereocenters. The van der Waals surface area contributed by atoms with Crippen LogP contribution in [0.4, 0.5) is 0 Å². The number of likely N-dealkylation sites (tertiary alicyclic amines) is 1. The molecule has 0 spiro atoms. The van der Waals surface area contributed by atoms with Crippen molar-refractivity contribution in [2.75, 3.05) is 26.2 Å². The van der Waals surface area contributed by atoms with E-state index >= 15 is 0 Å². The molecule has 2 heterocycles. The smallest absolute Gasteiger partial charge is 0.191 e. The van der Waals surface area contributed by atoms with Gasteiger partial charge in [0.25, 0.3) is 0 Å². The van der Waals surface area contributed by atoms with Crippen LogP contribution in [-0.2, 0) is 20.0 Å². The number of aromatic nitrogens is 3. The fourth-order valence-corrected chi connectivity index (χ4v) is 3.92. The molecule has 0 saturated carbocycles. The maximum atomic E-state index is 6.28. The highest BCUT2D eigenvalue weighted by Crippen LogP contribution is 2.16. The lowest BCUT2D eigenvalue weighted by Crippen LogP contribution is -2.45. The van der Waals surface area contributed by atoms with E-state index in [1.165, 1.54) is 19.4 Å².